The van der Waals surface area contributed by atoms with Crippen molar-refractivity contribution >= 4 is 42.4 Å². The number of ether oxygens (including phenoxy) is 3. The van der Waals surface area contributed by atoms with Gasteiger partial charge >= 0.3 is 0 Å². The lowest BCUT2D eigenvalue weighted by Crippen LogP contribution is -2.48. The maximum atomic E-state index is 13.6. The predicted octanol–water partition coefficient (Wildman–Crippen LogP) is 7.06. The fraction of sp³-hybridized carbons (Fsp3) is 0.516. The first-order valence-electron chi connectivity index (χ1n) is 13.5. The van der Waals surface area contributed by atoms with Gasteiger partial charge < -0.3 is 23.1 Å². The summed E-state index contributed by atoms with van der Waals surface area (Å²) in [7, 11) is -0.794. The molecule has 5 rings (SSSR count). The Kier molecular flexibility index (Phi) is 6.99. The second-order valence-corrected chi connectivity index (χ2v) is 17.1. The van der Waals surface area contributed by atoms with Gasteiger partial charge in [-0.25, -0.2) is 0 Å². The van der Waals surface area contributed by atoms with Crippen molar-refractivity contribution in [3.8, 4) is 5.75 Å². The largest absolute Gasteiger partial charge is 0.491 e. The van der Waals surface area contributed by atoms with E-state index in [4.69, 9.17) is 23.1 Å². The Morgan fingerprint density at radius 1 is 1.00 bits per heavy atom. The van der Waals surface area contributed by atoms with Gasteiger partial charge in [0.25, 0.3) is 0 Å². The number of carbonyl (C=O) groups excluding carboxylic acids is 1. The second kappa shape index (κ2) is 9.55. The monoisotopic (exact) mass is 614 g/mol. The first kappa shape index (κ1) is 28.6. The molecule has 0 bridgehead atoms. The number of rotatable bonds is 6. The van der Waals surface area contributed by atoms with Crippen LogP contribution in [0.3, 0.4) is 0 Å². The van der Waals surface area contributed by atoms with Gasteiger partial charge in [-0.3, -0.25) is 4.79 Å². The molecule has 2 aliphatic rings. The van der Waals surface area contributed by atoms with Gasteiger partial charge in [0.05, 0.1) is 11.2 Å². The van der Waals surface area contributed by atoms with E-state index in [0.29, 0.717) is 34.8 Å². The van der Waals surface area contributed by atoms with Crippen molar-refractivity contribution in [2.45, 2.75) is 96.4 Å². The van der Waals surface area contributed by atoms with E-state index in [-0.39, 0.29) is 23.0 Å². The molecule has 0 radical (unpaired) electrons. The topological polar surface area (TPSA) is 67.1 Å². The molecule has 6 nitrogen and oxygen atoms in total. The zero-order valence-electron chi connectivity index (χ0n) is 24.4. The summed E-state index contributed by atoms with van der Waals surface area (Å²) in [6.45, 7) is 19.1. The predicted molar refractivity (Wildman–Crippen MR) is 159 cm³/mol. The van der Waals surface area contributed by atoms with E-state index in [2.05, 4.69) is 64.4 Å². The van der Waals surface area contributed by atoms with E-state index in [0.717, 1.165) is 15.4 Å². The SMILES string of the molecule is CC1(C)O[C@@H](C(C)(C)O[SiH2]C(C)(C)C)[C@@H](COc2ccc3c(c2)C(C)(C)c2oc4cc(Br)ccc4c2C3=O)O1. The molecule has 1 aromatic heterocycles. The van der Waals surface area contributed by atoms with Gasteiger partial charge in [0.1, 0.15) is 35.9 Å². The molecule has 8 heteroatoms. The van der Waals surface area contributed by atoms with Crippen LogP contribution in [0.5, 0.6) is 5.75 Å². The standard InChI is InChI=1S/C31H39BrO6Si/c1-28(2,3)39-38-30(6,7)26-23(36-31(8,9)37-26)16-34-18-11-13-19-21(15-18)29(4,5)27-24(25(19)33)20-12-10-17(32)14-22(20)35-27/h10-15,23,26H,16,39H2,1-9H3/t23-,26-/m1/s1. The van der Waals surface area contributed by atoms with Crippen molar-refractivity contribution in [2.24, 2.45) is 0 Å². The van der Waals surface area contributed by atoms with E-state index in [9.17, 15) is 4.79 Å². The lowest BCUT2D eigenvalue weighted by molar-refractivity contribution is -0.162. The lowest BCUT2D eigenvalue weighted by atomic mass is 9.72. The molecule has 2 atom stereocenters. The van der Waals surface area contributed by atoms with Crippen LogP contribution in [0.4, 0.5) is 0 Å². The summed E-state index contributed by atoms with van der Waals surface area (Å²) in [5.41, 5.74) is 1.87. The van der Waals surface area contributed by atoms with E-state index in [1.165, 1.54) is 0 Å². The van der Waals surface area contributed by atoms with Crippen LogP contribution in [-0.2, 0) is 19.3 Å². The Bertz CT molecular complexity index is 1430. The molecule has 1 fully saturated rings. The maximum absolute atomic E-state index is 13.6. The van der Waals surface area contributed by atoms with Crippen molar-refractivity contribution in [3.05, 3.63) is 63.3 Å². The zero-order valence-corrected chi connectivity index (χ0v) is 27.4. The van der Waals surface area contributed by atoms with Crippen molar-refractivity contribution < 1.29 is 27.8 Å². The highest BCUT2D eigenvalue weighted by atomic mass is 79.9. The van der Waals surface area contributed by atoms with Crippen LogP contribution in [0.1, 0.15) is 89.6 Å². The van der Waals surface area contributed by atoms with E-state index in [1.54, 1.807) is 0 Å². The summed E-state index contributed by atoms with van der Waals surface area (Å²) >= 11 is 3.51. The van der Waals surface area contributed by atoms with E-state index >= 15 is 0 Å². The number of benzene rings is 2. The number of carbonyl (C=O) groups is 1. The molecule has 0 spiro atoms. The number of hydrogen-bond donors (Lipinski definition) is 0. The molecule has 0 N–H and O–H groups in total. The molecule has 2 aromatic carbocycles. The van der Waals surface area contributed by atoms with Gasteiger partial charge in [-0.1, -0.05) is 36.7 Å². The minimum Gasteiger partial charge on any atom is -0.491 e. The first-order valence-corrected chi connectivity index (χ1v) is 15.6. The Hall–Kier alpha value is -1.97. The summed E-state index contributed by atoms with van der Waals surface area (Å²) in [5.74, 6) is 0.594. The second-order valence-electron chi connectivity index (χ2n) is 13.5. The highest BCUT2D eigenvalue weighted by molar-refractivity contribution is 9.10. The molecule has 0 unspecified atom stereocenters. The van der Waals surface area contributed by atoms with Gasteiger partial charge in [-0.05, 0) is 88.5 Å². The maximum Gasteiger partial charge on any atom is 0.197 e. The minimum atomic E-state index is -0.794. The normalized spacial score (nSPS) is 22.5. The number of furan rings is 1. The summed E-state index contributed by atoms with van der Waals surface area (Å²) in [5, 5.41) is 1.01. The van der Waals surface area contributed by atoms with Crippen molar-refractivity contribution in [1.82, 2.24) is 0 Å². The summed E-state index contributed by atoms with van der Waals surface area (Å²) < 4.78 is 32.6. The first-order chi connectivity index (χ1) is 18.0. The molecule has 1 aliphatic carbocycles. The van der Waals surface area contributed by atoms with Gasteiger partial charge in [0.15, 0.2) is 21.3 Å². The molecule has 0 saturated carbocycles. The Labute approximate surface area is 241 Å². The molecule has 210 valence electrons. The minimum absolute atomic E-state index is 0.0248. The molecule has 39 heavy (non-hydrogen) atoms. The van der Waals surface area contributed by atoms with Crippen molar-refractivity contribution in [3.63, 3.8) is 0 Å². The number of hydrogen-bond acceptors (Lipinski definition) is 6. The molecule has 1 aliphatic heterocycles. The van der Waals surface area contributed by atoms with Crippen LogP contribution in [-0.4, -0.2) is 45.7 Å². The Balaban J connectivity index is 1.40. The summed E-state index contributed by atoms with van der Waals surface area (Å²) in [6, 6.07) is 11.5. The van der Waals surface area contributed by atoms with Gasteiger partial charge in [0.2, 0.25) is 0 Å². The van der Waals surface area contributed by atoms with Crippen LogP contribution in [0.2, 0.25) is 5.04 Å². The number of halogens is 1. The fourth-order valence-electron chi connectivity index (χ4n) is 5.53. The van der Waals surface area contributed by atoms with Crippen LogP contribution in [0.15, 0.2) is 45.3 Å². The third-order valence-corrected chi connectivity index (χ3v) is 9.76. The molecule has 0 amide bonds. The number of ketones is 1. The molecule has 3 aromatic rings. The molecule has 1 saturated heterocycles. The van der Waals surface area contributed by atoms with Crippen molar-refractivity contribution in [1.29, 1.82) is 0 Å². The van der Waals surface area contributed by atoms with Crippen LogP contribution in [0, 0.1) is 0 Å². The Morgan fingerprint density at radius 3 is 2.41 bits per heavy atom. The highest BCUT2D eigenvalue weighted by Gasteiger charge is 2.50. The quantitative estimate of drug-likeness (QED) is 0.277. The highest BCUT2D eigenvalue weighted by Crippen LogP contribution is 2.46. The van der Waals surface area contributed by atoms with Crippen LogP contribution >= 0.6 is 15.9 Å². The fourth-order valence-corrected chi connectivity index (χ4v) is 6.84. The van der Waals surface area contributed by atoms with Gasteiger partial charge in [-0.2, -0.15) is 0 Å². The van der Waals surface area contributed by atoms with E-state index < -0.39 is 26.6 Å². The average Bonchev–Trinajstić information content (AvgIpc) is 3.37. The van der Waals surface area contributed by atoms with Gasteiger partial charge in [0, 0.05) is 20.8 Å². The molecular weight excluding hydrogens is 576 g/mol. The van der Waals surface area contributed by atoms with Gasteiger partial charge in [-0.15, -0.1) is 0 Å². The van der Waals surface area contributed by atoms with Crippen molar-refractivity contribution in [2.75, 3.05) is 6.61 Å². The third kappa shape index (κ3) is 5.38. The lowest BCUT2D eigenvalue weighted by Gasteiger charge is -2.36. The molecule has 2 heterocycles. The van der Waals surface area contributed by atoms with Crippen LogP contribution < -0.4 is 4.74 Å². The van der Waals surface area contributed by atoms with Crippen LogP contribution in [0.25, 0.3) is 11.0 Å². The smallest absolute Gasteiger partial charge is 0.197 e. The number of fused-ring (bicyclic) bond motifs is 4. The molecular formula is C31H39BrO6Si. The summed E-state index contributed by atoms with van der Waals surface area (Å²) in [6.07, 6.45) is -0.592. The summed E-state index contributed by atoms with van der Waals surface area (Å²) in [4.78, 5) is 13.6. The average molecular weight is 616 g/mol. The zero-order chi connectivity index (χ0) is 28.5. The Morgan fingerprint density at radius 2 is 1.72 bits per heavy atom. The van der Waals surface area contributed by atoms with E-state index in [1.807, 2.05) is 50.2 Å². The third-order valence-electron chi connectivity index (χ3n) is 7.52.